The van der Waals surface area contributed by atoms with Crippen molar-refractivity contribution in [1.29, 1.82) is 0 Å². The summed E-state index contributed by atoms with van der Waals surface area (Å²) in [5, 5.41) is 0. The summed E-state index contributed by atoms with van der Waals surface area (Å²) in [7, 11) is 0. The molecule has 13 heavy (non-hydrogen) atoms. The second-order valence-corrected chi connectivity index (χ2v) is 3.19. The van der Waals surface area contributed by atoms with E-state index in [1.54, 1.807) is 0 Å². The Hall–Kier alpha value is -0.930. The maximum absolute atomic E-state index is 5.29. The van der Waals surface area contributed by atoms with E-state index in [0.29, 0.717) is 0 Å². The molecule has 0 aliphatic heterocycles. The molecule has 3 heteroatoms. The molecule has 0 radical (unpaired) electrons. The highest BCUT2D eigenvalue weighted by Gasteiger charge is 2.00. The fourth-order valence-electron chi connectivity index (χ4n) is 0.758. The van der Waals surface area contributed by atoms with Crippen LogP contribution in [-0.2, 0) is 8.92 Å². The average molecular weight is 196 g/mol. The third-order valence-corrected chi connectivity index (χ3v) is 2.14. The first kappa shape index (κ1) is 10.2. The molecule has 0 aliphatic rings. The van der Waals surface area contributed by atoms with Gasteiger partial charge in [-0.15, -0.1) is 0 Å². The summed E-state index contributed by atoms with van der Waals surface area (Å²) in [5.41, 5.74) is 0. The second-order valence-electron chi connectivity index (χ2n) is 2.36. The Bertz CT molecular complexity index is 248. The minimum absolute atomic E-state index is 0.275. The molecule has 0 saturated heterocycles. The molecule has 1 rings (SSSR count). The first-order valence-electron chi connectivity index (χ1n) is 3.97. The maximum atomic E-state index is 5.29. The molecule has 1 aromatic rings. The standard InChI is InChI=1S/C10H12O2S/c1-3-11-9(2)12-13-10-7-5-4-6-8-10/h3-9H,1H2,2H3. The predicted octanol–water partition coefficient (Wildman–Crippen LogP) is 3.22. The Morgan fingerprint density at radius 3 is 2.69 bits per heavy atom. The van der Waals surface area contributed by atoms with Crippen LogP contribution in [0.15, 0.2) is 48.1 Å². The first-order valence-corrected chi connectivity index (χ1v) is 4.72. The largest absolute Gasteiger partial charge is 0.472 e. The zero-order valence-electron chi connectivity index (χ0n) is 7.47. The molecule has 2 nitrogen and oxygen atoms in total. The maximum Gasteiger partial charge on any atom is 0.209 e. The molecular weight excluding hydrogens is 184 g/mol. The minimum Gasteiger partial charge on any atom is -0.472 e. The van der Waals surface area contributed by atoms with E-state index >= 15 is 0 Å². The molecule has 0 fully saturated rings. The van der Waals surface area contributed by atoms with Crippen LogP contribution in [0, 0.1) is 0 Å². The predicted molar refractivity (Wildman–Crippen MR) is 54.1 cm³/mol. The zero-order chi connectivity index (χ0) is 9.52. The molecule has 70 valence electrons. The molecule has 1 atom stereocenters. The zero-order valence-corrected chi connectivity index (χ0v) is 8.29. The van der Waals surface area contributed by atoms with Crippen LogP contribution in [0.2, 0.25) is 0 Å². The SMILES string of the molecule is C=COC(C)OSc1ccccc1. The molecule has 0 heterocycles. The second kappa shape index (κ2) is 5.67. The molecule has 0 N–H and O–H groups in total. The number of hydrogen-bond donors (Lipinski definition) is 0. The average Bonchev–Trinajstić information content (AvgIpc) is 2.17. The molecule has 1 unspecified atom stereocenters. The lowest BCUT2D eigenvalue weighted by molar-refractivity contribution is 0.00229. The summed E-state index contributed by atoms with van der Waals surface area (Å²) in [5.74, 6) is 0. The summed E-state index contributed by atoms with van der Waals surface area (Å²) in [6.07, 6.45) is 1.10. The molecule has 0 spiro atoms. The highest BCUT2D eigenvalue weighted by atomic mass is 32.2. The van der Waals surface area contributed by atoms with Crippen molar-refractivity contribution in [3.63, 3.8) is 0 Å². The molecule has 0 amide bonds. The number of rotatable bonds is 5. The van der Waals surface area contributed by atoms with Gasteiger partial charge in [-0.2, -0.15) is 0 Å². The van der Waals surface area contributed by atoms with E-state index in [9.17, 15) is 0 Å². The van der Waals surface area contributed by atoms with Crippen molar-refractivity contribution in [3.8, 4) is 0 Å². The van der Waals surface area contributed by atoms with Crippen LogP contribution in [0.25, 0.3) is 0 Å². The fraction of sp³-hybridized carbons (Fsp3) is 0.200. The van der Waals surface area contributed by atoms with Gasteiger partial charge >= 0.3 is 0 Å². The third kappa shape index (κ3) is 4.01. The molecule has 0 bridgehead atoms. The van der Waals surface area contributed by atoms with Crippen molar-refractivity contribution < 1.29 is 8.92 Å². The quantitative estimate of drug-likeness (QED) is 0.409. The minimum atomic E-state index is -0.275. The van der Waals surface area contributed by atoms with Gasteiger partial charge in [0, 0.05) is 16.9 Å². The van der Waals surface area contributed by atoms with E-state index in [4.69, 9.17) is 8.92 Å². The van der Waals surface area contributed by atoms with Crippen molar-refractivity contribution in [2.45, 2.75) is 18.1 Å². The highest BCUT2D eigenvalue weighted by Crippen LogP contribution is 2.20. The van der Waals surface area contributed by atoms with Gasteiger partial charge in [0.2, 0.25) is 6.29 Å². The van der Waals surface area contributed by atoms with Crippen LogP contribution in [0.1, 0.15) is 6.92 Å². The lowest BCUT2D eigenvalue weighted by Gasteiger charge is -2.09. The van der Waals surface area contributed by atoms with E-state index in [1.165, 1.54) is 18.3 Å². The fourth-order valence-corrected chi connectivity index (χ4v) is 1.32. The number of ether oxygens (including phenoxy) is 1. The lowest BCUT2D eigenvalue weighted by atomic mass is 10.4. The van der Waals surface area contributed by atoms with Gasteiger partial charge in [0.15, 0.2) is 0 Å². The van der Waals surface area contributed by atoms with E-state index < -0.39 is 0 Å². The van der Waals surface area contributed by atoms with Gasteiger partial charge in [0.1, 0.15) is 0 Å². The van der Waals surface area contributed by atoms with Crippen LogP contribution in [-0.4, -0.2) is 6.29 Å². The van der Waals surface area contributed by atoms with Crippen LogP contribution in [0.5, 0.6) is 0 Å². The highest BCUT2D eigenvalue weighted by molar-refractivity contribution is 7.94. The summed E-state index contributed by atoms with van der Waals surface area (Å²) in [4.78, 5) is 1.06. The molecule has 0 aromatic heterocycles. The Balaban J connectivity index is 2.30. The van der Waals surface area contributed by atoms with Gasteiger partial charge in [-0.3, -0.25) is 4.18 Å². The summed E-state index contributed by atoms with van der Waals surface area (Å²) >= 11 is 1.30. The Morgan fingerprint density at radius 2 is 2.08 bits per heavy atom. The first-order chi connectivity index (χ1) is 6.33. The monoisotopic (exact) mass is 196 g/mol. The summed E-state index contributed by atoms with van der Waals surface area (Å²) in [6.45, 7) is 5.26. The van der Waals surface area contributed by atoms with Crippen molar-refractivity contribution in [2.75, 3.05) is 0 Å². The van der Waals surface area contributed by atoms with Crippen molar-refractivity contribution in [1.82, 2.24) is 0 Å². The van der Waals surface area contributed by atoms with Gasteiger partial charge in [-0.05, 0) is 19.1 Å². The summed E-state index contributed by atoms with van der Waals surface area (Å²) < 4.78 is 10.3. The van der Waals surface area contributed by atoms with E-state index in [2.05, 4.69) is 6.58 Å². The topological polar surface area (TPSA) is 18.5 Å². The van der Waals surface area contributed by atoms with Gasteiger partial charge in [-0.25, -0.2) is 0 Å². The van der Waals surface area contributed by atoms with Gasteiger partial charge in [-0.1, -0.05) is 24.8 Å². The third-order valence-electron chi connectivity index (χ3n) is 1.31. The number of hydrogen-bond acceptors (Lipinski definition) is 3. The van der Waals surface area contributed by atoms with Crippen molar-refractivity contribution in [2.24, 2.45) is 0 Å². The van der Waals surface area contributed by atoms with Crippen LogP contribution in [0.3, 0.4) is 0 Å². The van der Waals surface area contributed by atoms with E-state index in [0.717, 1.165) is 4.90 Å². The Labute approximate surface area is 82.8 Å². The number of benzene rings is 1. The van der Waals surface area contributed by atoms with Gasteiger partial charge in [0.25, 0.3) is 0 Å². The normalized spacial score (nSPS) is 12.1. The molecule has 1 aromatic carbocycles. The van der Waals surface area contributed by atoms with Crippen LogP contribution < -0.4 is 0 Å². The van der Waals surface area contributed by atoms with E-state index in [-0.39, 0.29) is 6.29 Å². The van der Waals surface area contributed by atoms with Gasteiger partial charge < -0.3 is 4.74 Å². The van der Waals surface area contributed by atoms with Gasteiger partial charge in [0.05, 0.1) is 6.26 Å². The Kier molecular flexibility index (Phi) is 4.43. The van der Waals surface area contributed by atoms with Crippen LogP contribution in [0.4, 0.5) is 0 Å². The smallest absolute Gasteiger partial charge is 0.209 e. The molecule has 0 aliphatic carbocycles. The summed E-state index contributed by atoms with van der Waals surface area (Å²) in [6, 6.07) is 9.85. The Morgan fingerprint density at radius 1 is 1.38 bits per heavy atom. The van der Waals surface area contributed by atoms with E-state index in [1.807, 2.05) is 37.3 Å². The lowest BCUT2D eigenvalue weighted by Crippen LogP contribution is -2.03. The molecule has 0 saturated carbocycles. The van der Waals surface area contributed by atoms with Crippen LogP contribution >= 0.6 is 12.0 Å². The molecular formula is C10H12O2S. The van der Waals surface area contributed by atoms with Crippen molar-refractivity contribution in [3.05, 3.63) is 43.2 Å². The van der Waals surface area contributed by atoms with Crippen molar-refractivity contribution >= 4 is 12.0 Å².